The van der Waals surface area contributed by atoms with E-state index in [0.717, 1.165) is 11.6 Å². The van der Waals surface area contributed by atoms with Crippen molar-refractivity contribution in [3.05, 3.63) is 70.5 Å². The van der Waals surface area contributed by atoms with Crippen LogP contribution in [0, 0.1) is 5.82 Å². The van der Waals surface area contributed by atoms with Gasteiger partial charge in [0, 0.05) is 17.1 Å². The van der Waals surface area contributed by atoms with Gasteiger partial charge in [-0.3, -0.25) is 9.59 Å². The fraction of sp³-hybridized carbons (Fsp3) is 0.125. The van der Waals surface area contributed by atoms with Crippen LogP contribution in [0.2, 0.25) is 5.02 Å². The molecule has 2 aromatic carbocycles. The second-order valence-electron chi connectivity index (χ2n) is 4.56. The fourth-order valence-corrected chi connectivity index (χ4v) is 1.99. The molecule has 0 heterocycles. The van der Waals surface area contributed by atoms with Gasteiger partial charge in [0.15, 0.2) is 0 Å². The molecule has 0 spiro atoms. The van der Waals surface area contributed by atoms with Crippen molar-refractivity contribution in [2.75, 3.05) is 6.54 Å². The highest BCUT2D eigenvalue weighted by Crippen LogP contribution is 2.14. The van der Waals surface area contributed by atoms with Crippen molar-refractivity contribution in [2.45, 2.75) is 6.54 Å². The first-order valence-corrected chi connectivity index (χ1v) is 6.98. The maximum absolute atomic E-state index is 13.0. The zero-order valence-corrected chi connectivity index (χ0v) is 12.4. The average molecular weight is 321 g/mol. The number of benzene rings is 2. The van der Waals surface area contributed by atoms with E-state index in [4.69, 9.17) is 11.6 Å². The highest BCUT2D eigenvalue weighted by molar-refractivity contribution is 6.31. The van der Waals surface area contributed by atoms with E-state index in [1.807, 2.05) is 6.07 Å². The quantitative estimate of drug-likeness (QED) is 0.889. The van der Waals surface area contributed by atoms with Gasteiger partial charge in [-0.05, 0) is 29.8 Å². The third-order valence-corrected chi connectivity index (χ3v) is 3.30. The molecule has 2 rings (SSSR count). The van der Waals surface area contributed by atoms with E-state index in [1.165, 1.54) is 18.2 Å². The number of hydrogen-bond acceptors (Lipinski definition) is 2. The second kappa shape index (κ2) is 7.56. The fourth-order valence-electron chi connectivity index (χ4n) is 1.79. The van der Waals surface area contributed by atoms with E-state index in [-0.39, 0.29) is 24.6 Å². The minimum absolute atomic E-state index is 0.166. The van der Waals surface area contributed by atoms with E-state index >= 15 is 0 Å². The Morgan fingerprint density at radius 1 is 1.05 bits per heavy atom. The second-order valence-corrected chi connectivity index (χ2v) is 4.97. The molecule has 0 aliphatic rings. The lowest BCUT2D eigenvalue weighted by atomic mass is 10.2. The summed E-state index contributed by atoms with van der Waals surface area (Å²) >= 11 is 5.97. The normalized spacial score (nSPS) is 10.1. The zero-order chi connectivity index (χ0) is 15.9. The van der Waals surface area contributed by atoms with Crippen molar-refractivity contribution >= 4 is 23.4 Å². The molecule has 0 aliphatic carbocycles. The Morgan fingerprint density at radius 2 is 1.82 bits per heavy atom. The molecule has 0 saturated carbocycles. The number of halogens is 2. The molecular formula is C16H14ClFN2O2. The highest BCUT2D eigenvalue weighted by Gasteiger charge is 2.09. The van der Waals surface area contributed by atoms with Gasteiger partial charge in [0.05, 0.1) is 6.54 Å². The van der Waals surface area contributed by atoms with Gasteiger partial charge >= 0.3 is 0 Å². The van der Waals surface area contributed by atoms with Gasteiger partial charge in [0.25, 0.3) is 5.91 Å². The Bertz CT molecular complexity index is 691. The number of nitrogens with one attached hydrogen (secondary N) is 2. The number of hydrogen-bond donors (Lipinski definition) is 2. The summed E-state index contributed by atoms with van der Waals surface area (Å²) in [6, 6.07) is 12.4. The Hall–Kier alpha value is -2.40. The molecule has 114 valence electrons. The van der Waals surface area contributed by atoms with Gasteiger partial charge in [-0.2, -0.15) is 0 Å². The van der Waals surface area contributed by atoms with Crippen molar-refractivity contribution in [1.29, 1.82) is 0 Å². The van der Waals surface area contributed by atoms with E-state index in [9.17, 15) is 14.0 Å². The van der Waals surface area contributed by atoms with Crippen molar-refractivity contribution in [2.24, 2.45) is 0 Å². The minimum atomic E-state index is -0.507. The van der Waals surface area contributed by atoms with Crippen LogP contribution in [0.3, 0.4) is 0 Å². The molecule has 0 bridgehead atoms. The monoisotopic (exact) mass is 320 g/mol. The molecule has 0 aliphatic heterocycles. The van der Waals surface area contributed by atoms with Crippen molar-refractivity contribution in [3.63, 3.8) is 0 Å². The van der Waals surface area contributed by atoms with E-state index in [0.29, 0.717) is 5.02 Å². The summed E-state index contributed by atoms with van der Waals surface area (Å²) < 4.78 is 13.0. The Morgan fingerprint density at radius 3 is 2.55 bits per heavy atom. The summed E-state index contributed by atoms with van der Waals surface area (Å²) in [5.41, 5.74) is 0.952. The first-order valence-electron chi connectivity index (χ1n) is 6.60. The number of carbonyl (C=O) groups is 2. The maximum Gasteiger partial charge on any atom is 0.251 e. The summed E-state index contributed by atoms with van der Waals surface area (Å²) in [5, 5.41) is 5.63. The van der Waals surface area contributed by atoms with E-state index in [2.05, 4.69) is 10.6 Å². The average Bonchev–Trinajstić information content (AvgIpc) is 2.52. The first kappa shape index (κ1) is 16.0. The molecule has 0 radical (unpaired) electrons. The molecule has 2 aromatic rings. The van der Waals surface area contributed by atoms with E-state index in [1.54, 1.807) is 18.2 Å². The van der Waals surface area contributed by atoms with E-state index < -0.39 is 11.7 Å². The van der Waals surface area contributed by atoms with Crippen LogP contribution in [0.1, 0.15) is 15.9 Å². The first-order chi connectivity index (χ1) is 10.6. The molecule has 0 saturated heterocycles. The molecule has 0 unspecified atom stereocenters. The van der Waals surface area contributed by atoms with Gasteiger partial charge in [-0.1, -0.05) is 35.9 Å². The topological polar surface area (TPSA) is 58.2 Å². The summed E-state index contributed by atoms with van der Waals surface area (Å²) in [7, 11) is 0. The van der Waals surface area contributed by atoms with Crippen LogP contribution in [0.25, 0.3) is 0 Å². The molecule has 6 heteroatoms. The molecule has 0 fully saturated rings. The standard InChI is InChI=1S/C16H14ClFN2O2/c17-14-7-2-1-4-12(14)9-19-15(21)10-20-16(22)11-5-3-6-13(18)8-11/h1-8H,9-10H2,(H,19,21)(H,20,22). The summed E-state index contributed by atoms with van der Waals surface area (Å²) in [6.45, 7) is 0.0775. The molecule has 22 heavy (non-hydrogen) atoms. The lowest BCUT2D eigenvalue weighted by Gasteiger charge is -2.08. The SMILES string of the molecule is O=C(CNC(=O)c1cccc(F)c1)NCc1ccccc1Cl. The largest absolute Gasteiger partial charge is 0.350 e. The molecule has 0 aromatic heterocycles. The molecule has 2 amide bonds. The van der Waals surface area contributed by atoms with Crippen molar-refractivity contribution in [1.82, 2.24) is 10.6 Å². The van der Waals surface area contributed by atoms with Crippen LogP contribution in [0.15, 0.2) is 48.5 Å². The van der Waals surface area contributed by atoms with Crippen molar-refractivity contribution in [3.8, 4) is 0 Å². The van der Waals surface area contributed by atoms with Crippen LogP contribution < -0.4 is 10.6 Å². The van der Waals surface area contributed by atoms with Crippen molar-refractivity contribution < 1.29 is 14.0 Å². The number of amides is 2. The number of rotatable bonds is 5. The third-order valence-electron chi connectivity index (χ3n) is 2.93. The van der Waals surface area contributed by atoms with Gasteiger partial charge in [-0.15, -0.1) is 0 Å². The molecule has 2 N–H and O–H groups in total. The lowest BCUT2D eigenvalue weighted by molar-refractivity contribution is -0.120. The Kier molecular flexibility index (Phi) is 5.49. The summed E-state index contributed by atoms with van der Waals surface area (Å²) in [5.74, 6) is -1.37. The van der Waals surface area contributed by atoms with Gasteiger partial charge < -0.3 is 10.6 Å². The number of carbonyl (C=O) groups excluding carboxylic acids is 2. The minimum Gasteiger partial charge on any atom is -0.350 e. The van der Waals surface area contributed by atoms with Gasteiger partial charge in [-0.25, -0.2) is 4.39 Å². The molecular weight excluding hydrogens is 307 g/mol. The maximum atomic E-state index is 13.0. The van der Waals surface area contributed by atoms with Crippen LogP contribution in [-0.4, -0.2) is 18.4 Å². The molecule has 0 atom stereocenters. The van der Waals surface area contributed by atoms with Crippen LogP contribution in [0.5, 0.6) is 0 Å². The third kappa shape index (κ3) is 4.56. The smallest absolute Gasteiger partial charge is 0.251 e. The highest BCUT2D eigenvalue weighted by atomic mass is 35.5. The van der Waals surface area contributed by atoms with Crippen LogP contribution >= 0.6 is 11.6 Å². The summed E-state index contributed by atoms with van der Waals surface area (Å²) in [4.78, 5) is 23.4. The Balaban J connectivity index is 1.81. The van der Waals surface area contributed by atoms with Crippen LogP contribution in [-0.2, 0) is 11.3 Å². The van der Waals surface area contributed by atoms with Gasteiger partial charge in [0.2, 0.25) is 5.91 Å². The zero-order valence-electron chi connectivity index (χ0n) is 11.6. The molecule has 4 nitrogen and oxygen atoms in total. The van der Waals surface area contributed by atoms with Crippen LogP contribution in [0.4, 0.5) is 4.39 Å². The lowest BCUT2D eigenvalue weighted by Crippen LogP contribution is -2.36. The predicted octanol–water partition coefficient (Wildman–Crippen LogP) is 2.53. The Labute approximate surface area is 132 Å². The summed E-state index contributed by atoms with van der Waals surface area (Å²) in [6.07, 6.45) is 0. The predicted molar refractivity (Wildman–Crippen MR) is 82.0 cm³/mol. The van der Waals surface area contributed by atoms with Gasteiger partial charge in [0.1, 0.15) is 5.82 Å².